The largest absolute Gasteiger partial charge is 0.481 e. The van der Waals surface area contributed by atoms with Crippen LogP contribution in [0.25, 0.3) is 0 Å². The van der Waals surface area contributed by atoms with Gasteiger partial charge >= 0.3 is 12.1 Å². The smallest absolute Gasteiger partial charge is 0.407 e. The molecule has 48 heavy (non-hydrogen) atoms. The lowest BCUT2D eigenvalue weighted by atomic mass is 9.47. The van der Waals surface area contributed by atoms with Crippen molar-refractivity contribution < 1.29 is 24.2 Å². The zero-order valence-corrected chi connectivity index (χ0v) is 33.0. The molecule has 0 bridgehead atoms. The molecule has 278 valence electrons. The van der Waals surface area contributed by atoms with Gasteiger partial charge in [0.1, 0.15) is 6.10 Å². The minimum Gasteiger partial charge on any atom is -0.481 e. The predicted molar refractivity (Wildman–Crippen MR) is 198 cm³/mol. The Morgan fingerprint density at radius 1 is 1.00 bits per heavy atom. The molecule has 8 unspecified atom stereocenters. The van der Waals surface area contributed by atoms with E-state index in [1.54, 1.807) is 0 Å². The van der Waals surface area contributed by atoms with Crippen molar-refractivity contribution in [3.05, 3.63) is 11.6 Å². The number of hydrogen-bond donors (Lipinski definition) is 2. The fourth-order valence-corrected chi connectivity index (χ4v) is 10.0. The molecular weight excluding hydrogens is 598 g/mol. The first-order chi connectivity index (χ1) is 22.3. The second-order valence-electron chi connectivity index (χ2n) is 18.9. The molecule has 3 saturated carbocycles. The molecule has 4 rings (SSSR count). The predicted octanol–water partition coefficient (Wildman–Crippen LogP) is 11.2. The number of amides is 1. The van der Waals surface area contributed by atoms with Crippen LogP contribution in [0.5, 0.6) is 0 Å². The number of fused-ring (bicyclic) bond motifs is 5. The second kappa shape index (κ2) is 17.1. The number of aliphatic carboxylic acids is 1. The van der Waals surface area contributed by atoms with Gasteiger partial charge in [0, 0.05) is 19.6 Å². The normalized spacial score (nSPS) is 32.2. The van der Waals surface area contributed by atoms with E-state index in [0.717, 1.165) is 67.8 Å². The highest BCUT2D eigenvalue weighted by atomic mass is 16.6. The van der Waals surface area contributed by atoms with E-state index in [2.05, 4.69) is 87.6 Å². The third-order valence-corrected chi connectivity index (χ3v) is 13.4. The van der Waals surface area contributed by atoms with E-state index in [0.29, 0.717) is 10.8 Å². The topological polar surface area (TPSA) is 84.9 Å². The van der Waals surface area contributed by atoms with Crippen LogP contribution in [0, 0.1) is 51.8 Å². The summed E-state index contributed by atoms with van der Waals surface area (Å²) in [5, 5.41) is 11.4. The average Bonchev–Trinajstić information content (AvgIpc) is 3.34. The number of allylic oxidation sites excluding steroid dienone is 1. The number of carbonyl (C=O) groups is 2. The maximum atomic E-state index is 12.2. The van der Waals surface area contributed by atoms with Crippen molar-refractivity contribution in [1.82, 2.24) is 5.32 Å². The molecule has 0 aliphatic heterocycles. The van der Waals surface area contributed by atoms with E-state index in [-0.39, 0.29) is 30.1 Å². The third-order valence-electron chi connectivity index (χ3n) is 13.4. The van der Waals surface area contributed by atoms with Crippen molar-refractivity contribution in [3.63, 3.8) is 0 Å². The number of ether oxygens (including phenoxy) is 2. The van der Waals surface area contributed by atoms with Crippen molar-refractivity contribution in [2.75, 3.05) is 13.2 Å². The van der Waals surface area contributed by atoms with Gasteiger partial charge in [0.2, 0.25) is 0 Å². The van der Waals surface area contributed by atoms with Crippen LogP contribution in [-0.2, 0) is 14.3 Å². The number of rotatable bonds is 13. The van der Waals surface area contributed by atoms with E-state index >= 15 is 0 Å². The SMILES string of the molecule is CC(C)CCCC(C)C1CCC2C3CC=C4CC(OC(=O)NCCC(=O)O)CCC4(C)C3CCC12C.CCC(C)(C)CCOC(C)(C)C. The summed E-state index contributed by atoms with van der Waals surface area (Å²) in [6.07, 6.45) is 18.0. The monoisotopic (exact) mass is 674 g/mol. The fourth-order valence-electron chi connectivity index (χ4n) is 10.0. The maximum Gasteiger partial charge on any atom is 0.407 e. The van der Waals surface area contributed by atoms with E-state index in [1.807, 2.05) is 0 Å². The molecule has 0 heterocycles. The van der Waals surface area contributed by atoms with Crippen LogP contribution in [0.2, 0.25) is 0 Å². The van der Waals surface area contributed by atoms with E-state index in [4.69, 9.17) is 14.6 Å². The summed E-state index contributed by atoms with van der Waals surface area (Å²) < 4.78 is 11.4. The standard InChI is InChI=1S/C31H51NO4.C11H24O/c1-20(2)7-6-8-21(3)25-11-12-26-24-10-9-22-19-23(36-29(35)32-18-15-28(33)34)13-16-30(22,4)27(24)14-17-31(25,26)5;1-7-11(5,6)8-9-12-10(2,3)4/h9,20-21,23-27H,6-8,10-19H2,1-5H3,(H,32,35)(H,33,34);7-9H2,1-6H3. The minimum absolute atomic E-state index is 0.0177. The van der Waals surface area contributed by atoms with Crippen LogP contribution in [0.15, 0.2) is 11.6 Å². The van der Waals surface area contributed by atoms with Crippen LogP contribution in [0.4, 0.5) is 4.79 Å². The molecule has 0 aromatic heterocycles. The Kier molecular flexibility index (Phi) is 14.6. The van der Waals surface area contributed by atoms with Gasteiger partial charge in [-0.2, -0.15) is 0 Å². The number of carboxylic acid groups (broad SMARTS) is 1. The molecule has 2 N–H and O–H groups in total. The van der Waals surface area contributed by atoms with Gasteiger partial charge < -0.3 is 19.9 Å². The van der Waals surface area contributed by atoms with E-state index < -0.39 is 12.1 Å². The summed E-state index contributed by atoms with van der Waals surface area (Å²) in [4.78, 5) is 22.8. The first-order valence-corrected chi connectivity index (χ1v) is 19.8. The molecule has 0 radical (unpaired) electrons. The van der Waals surface area contributed by atoms with Crippen molar-refractivity contribution in [3.8, 4) is 0 Å². The quantitative estimate of drug-likeness (QED) is 0.190. The Bertz CT molecular complexity index is 1070. The van der Waals surface area contributed by atoms with Crippen LogP contribution in [-0.4, -0.2) is 42.0 Å². The number of alkyl carbamates (subject to hydrolysis) is 1. The van der Waals surface area contributed by atoms with Crippen LogP contribution in [0.3, 0.4) is 0 Å². The third kappa shape index (κ3) is 11.0. The first-order valence-electron chi connectivity index (χ1n) is 19.8. The molecule has 4 aliphatic rings. The maximum absolute atomic E-state index is 12.2. The first kappa shape index (κ1) is 40.9. The van der Waals surface area contributed by atoms with Gasteiger partial charge in [0.05, 0.1) is 12.0 Å². The Hall–Kier alpha value is -1.56. The van der Waals surface area contributed by atoms with E-state index in [1.165, 1.54) is 63.4 Å². The van der Waals surface area contributed by atoms with E-state index in [9.17, 15) is 9.59 Å². The molecule has 6 nitrogen and oxygen atoms in total. The van der Waals surface area contributed by atoms with Crippen molar-refractivity contribution in [2.24, 2.45) is 51.8 Å². The molecule has 0 aromatic rings. The zero-order valence-electron chi connectivity index (χ0n) is 33.0. The fraction of sp³-hybridized carbons (Fsp3) is 0.905. The van der Waals surface area contributed by atoms with Crippen molar-refractivity contribution in [1.29, 1.82) is 0 Å². The van der Waals surface area contributed by atoms with Crippen LogP contribution in [0.1, 0.15) is 166 Å². The highest BCUT2D eigenvalue weighted by Crippen LogP contribution is 2.67. The molecule has 0 spiro atoms. The molecule has 4 aliphatic carbocycles. The lowest BCUT2D eigenvalue weighted by Crippen LogP contribution is -2.51. The zero-order chi connectivity index (χ0) is 35.9. The Morgan fingerprint density at radius 3 is 2.33 bits per heavy atom. The molecule has 0 saturated heterocycles. The van der Waals surface area contributed by atoms with Gasteiger partial charge in [-0.3, -0.25) is 4.79 Å². The number of carboxylic acids is 1. The van der Waals surface area contributed by atoms with Gasteiger partial charge in [-0.1, -0.05) is 92.7 Å². The molecule has 1 amide bonds. The average molecular weight is 674 g/mol. The number of nitrogens with one attached hydrogen (secondary N) is 1. The lowest BCUT2D eigenvalue weighted by molar-refractivity contribution is -0.136. The summed E-state index contributed by atoms with van der Waals surface area (Å²) in [5.74, 6) is 4.06. The molecular formula is C42H75NO5. The molecule has 6 heteroatoms. The highest BCUT2D eigenvalue weighted by Gasteiger charge is 2.59. The summed E-state index contributed by atoms with van der Waals surface area (Å²) in [6, 6.07) is 0. The summed E-state index contributed by atoms with van der Waals surface area (Å²) in [5.41, 5.74) is 2.72. The van der Waals surface area contributed by atoms with Crippen molar-refractivity contribution in [2.45, 2.75) is 178 Å². The van der Waals surface area contributed by atoms with Crippen LogP contribution < -0.4 is 5.32 Å². The summed E-state index contributed by atoms with van der Waals surface area (Å²) in [6.45, 7) is 26.5. The Balaban J connectivity index is 0.000000444. The summed E-state index contributed by atoms with van der Waals surface area (Å²) in [7, 11) is 0. The molecule has 0 aromatic carbocycles. The van der Waals surface area contributed by atoms with Gasteiger partial charge in [0.15, 0.2) is 0 Å². The van der Waals surface area contributed by atoms with Gasteiger partial charge in [0.25, 0.3) is 0 Å². The lowest BCUT2D eigenvalue weighted by Gasteiger charge is -2.58. The molecule has 3 fully saturated rings. The Morgan fingerprint density at radius 2 is 1.71 bits per heavy atom. The summed E-state index contributed by atoms with van der Waals surface area (Å²) >= 11 is 0. The highest BCUT2D eigenvalue weighted by molar-refractivity contribution is 5.70. The van der Waals surface area contributed by atoms with Gasteiger partial charge in [-0.25, -0.2) is 4.79 Å². The number of carbonyl (C=O) groups excluding carboxylic acids is 1. The van der Waals surface area contributed by atoms with Crippen LogP contribution >= 0.6 is 0 Å². The molecule has 8 atom stereocenters. The van der Waals surface area contributed by atoms with Gasteiger partial charge in [-0.05, 0) is 124 Å². The minimum atomic E-state index is -0.914. The number of hydrogen-bond acceptors (Lipinski definition) is 4. The van der Waals surface area contributed by atoms with Gasteiger partial charge in [-0.15, -0.1) is 0 Å². The Labute approximate surface area is 295 Å². The van der Waals surface area contributed by atoms with Crippen molar-refractivity contribution >= 4 is 12.1 Å². The second-order valence-corrected chi connectivity index (χ2v) is 18.9.